The third-order valence-electron chi connectivity index (χ3n) is 3.74. The van der Waals surface area contributed by atoms with Gasteiger partial charge in [0.05, 0.1) is 17.2 Å². The fourth-order valence-electron chi connectivity index (χ4n) is 2.68. The van der Waals surface area contributed by atoms with Crippen LogP contribution in [0.5, 0.6) is 0 Å². The van der Waals surface area contributed by atoms with Gasteiger partial charge in [-0.05, 0) is 32.0 Å². The van der Waals surface area contributed by atoms with E-state index in [4.69, 9.17) is 0 Å². The highest BCUT2D eigenvalue weighted by Gasteiger charge is 2.26. The molecule has 2 heterocycles. The molecule has 1 aliphatic rings. The predicted molar refractivity (Wildman–Crippen MR) is 77.5 cm³/mol. The summed E-state index contributed by atoms with van der Waals surface area (Å²) < 4.78 is 0. The van der Waals surface area contributed by atoms with Crippen LogP contribution in [-0.2, 0) is 0 Å². The second-order valence-corrected chi connectivity index (χ2v) is 4.98. The molecule has 3 rings (SSSR count). The van der Waals surface area contributed by atoms with Crippen molar-refractivity contribution in [1.29, 1.82) is 0 Å². The first-order valence-electron chi connectivity index (χ1n) is 7.03. The molecule has 1 aromatic carbocycles. The van der Waals surface area contributed by atoms with Crippen molar-refractivity contribution in [2.45, 2.75) is 19.4 Å². The lowest BCUT2D eigenvalue weighted by molar-refractivity contribution is 0.0697. The summed E-state index contributed by atoms with van der Waals surface area (Å²) in [4.78, 5) is 23.3. The van der Waals surface area contributed by atoms with Gasteiger partial charge < -0.3 is 10.2 Å². The molecule has 5 nitrogen and oxygen atoms in total. The van der Waals surface area contributed by atoms with Crippen LogP contribution in [0, 0.1) is 0 Å². The molecule has 1 saturated heterocycles. The van der Waals surface area contributed by atoms with E-state index in [0.717, 1.165) is 30.5 Å². The average Bonchev–Trinajstić information content (AvgIpc) is 3.01. The number of nitrogens with one attached hydrogen (secondary N) is 1. The number of fused-ring (bicyclic) bond motifs is 1. The Morgan fingerprint density at radius 1 is 1.40 bits per heavy atom. The van der Waals surface area contributed by atoms with Gasteiger partial charge in [-0.3, -0.25) is 9.78 Å². The number of hydrogen-bond donors (Lipinski definition) is 1. The van der Waals surface area contributed by atoms with Crippen LogP contribution >= 0.6 is 0 Å². The van der Waals surface area contributed by atoms with Crippen LogP contribution in [0.4, 0.5) is 0 Å². The van der Waals surface area contributed by atoms with Crippen molar-refractivity contribution < 1.29 is 4.79 Å². The van der Waals surface area contributed by atoms with E-state index >= 15 is 0 Å². The Hall–Kier alpha value is -2.01. The van der Waals surface area contributed by atoms with Gasteiger partial charge in [0.15, 0.2) is 0 Å². The van der Waals surface area contributed by atoms with E-state index in [9.17, 15) is 4.79 Å². The Bertz CT molecular complexity index is 622. The molecular weight excluding hydrogens is 252 g/mol. The number of aromatic nitrogens is 2. The Balaban J connectivity index is 1.90. The molecule has 0 aliphatic carbocycles. The van der Waals surface area contributed by atoms with Gasteiger partial charge in [0.25, 0.3) is 5.91 Å². The SMILES string of the molecule is CCN(C(=O)c1cnc2ccccc2n1)C1CCNC1. The molecule has 0 saturated carbocycles. The lowest BCUT2D eigenvalue weighted by atomic mass is 10.2. The molecule has 1 amide bonds. The molecule has 1 unspecified atom stereocenters. The van der Waals surface area contributed by atoms with Crippen LogP contribution in [0.3, 0.4) is 0 Å². The minimum atomic E-state index is -0.0283. The highest BCUT2D eigenvalue weighted by Crippen LogP contribution is 2.14. The van der Waals surface area contributed by atoms with Crippen molar-refractivity contribution in [3.05, 3.63) is 36.2 Å². The zero-order valence-electron chi connectivity index (χ0n) is 11.5. The van der Waals surface area contributed by atoms with Crippen molar-refractivity contribution in [1.82, 2.24) is 20.2 Å². The summed E-state index contributed by atoms with van der Waals surface area (Å²) in [5.74, 6) is -0.0283. The maximum Gasteiger partial charge on any atom is 0.274 e. The summed E-state index contributed by atoms with van der Waals surface area (Å²) in [6.07, 6.45) is 2.58. The molecule has 1 atom stereocenters. The maximum absolute atomic E-state index is 12.6. The summed E-state index contributed by atoms with van der Waals surface area (Å²) in [5.41, 5.74) is 2.01. The van der Waals surface area contributed by atoms with E-state index in [1.807, 2.05) is 36.1 Å². The number of likely N-dealkylation sites (N-methyl/N-ethyl adjacent to an activating group) is 1. The van der Waals surface area contributed by atoms with E-state index in [1.54, 1.807) is 6.20 Å². The third-order valence-corrected chi connectivity index (χ3v) is 3.74. The zero-order valence-corrected chi connectivity index (χ0v) is 11.5. The van der Waals surface area contributed by atoms with Crippen molar-refractivity contribution in [2.75, 3.05) is 19.6 Å². The summed E-state index contributed by atoms with van der Waals surface area (Å²) in [7, 11) is 0. The number of amides is 1. The molecule has 0 bridgehead atoms. The van der Waals surface area contributed by atoms with Gasteiger partial charge in [-0.1, -0.05) is 12.1 Å². The Morgan fingerprint density at radius 2 is 2.20 bits per heavy atom. The highest BCUT2D eigenvalue weighted by atomic mass is 16.2. The van der Waals surface area contributed by atoms with Crippen molar-refractivity contribution in [2.24, 2.45) is 0 Å². The van der Waals surface area contributed by atoms with Crippen molar-refractivity contribution >= 4 is 16.9 Å². The van der Waals surface area contributed by atoms with Crippen LogP contribution in [0.2, 0.25) is 0 Å². The Kier molecular flexibility index (Phi) is 3.60. The van der Waals surface area contributed by atoms with E-state index < -0.39 is 0 Å². The lowest BCUT2D eigenvalue weighted by Gasteiger charge is -2.26. The van der Waals surface area contributed by atoms with E-state index in [0.29, 0.717) is 12.2 Å². The number of carbonyl (C=O) groups is 1. The Morgan fingerprint density at radius 3 is 2.90 bits per heavy atom. The molecule has 1 aliphatic heterocycles. The Labute approximate surface area is 118 Å². The molecule has 104 valence electrons. The van der Waals surface area contributed by atoms with Gasteiger partial charge in [0, 0.05) is 19.1 Å². The summed E-state index contributed by atoms with van der Waals surface area (Å²) in [6.45, 7) is 4.53. The number of para-hydroxylation sites is 2. The van der Waals surface area contributed by atoms with Gasteiger partial charge >= 0.3 is 0 Å². The van der Waals surface area contributed by atoms with Crippen LogP contribution in [0.15, 0.2) is 30.5 Å². The van der Waals surface area contributed by atoms with E-state index in [-0.39, 0.29) is 11.9 Å². The molecule has 0 spiro atoms. The van der Waals surface area contributed by atoms with E-state index in [2.05, 4.69) is 15.3 Å². The first-order chi connectivity index (χ1) is 9.79. The topological polar surface area (TPSA) is 58.1 Å². The first kappa shape index (κ1) is 13.0. The van der Waals surface area contributed by atoms with Crippen molar-refractivity contribution in [3.8, 4) is 0 Å². The van der Waals surface area contributed by atoms with Crippen LogP contribution in [-0.4, -0.2) is 46.5 Å². The largest absolute Gasteiger partial charge is 0.333 e. The fourth-order valence-corrected chi connectivity index (χ4v) is 2.68. The zero-order chi connectivity index (χ0) is 13.9. The van der Waals surface area contributed by atoms with Crippen molar-refractivity contribution in [3.63, 3.8) is 0 Å². The highest BCUT2D eigenvalue weighted by molar-refractivity contribution is 5.94. The fraction of sp³-hybridized carbons (Fsp3) is 0.400. The van der Waals surface area contributed by atoms with Gasteiger partial charge in [-0.2, -0.15) is 0 Å². The van der Waals surface area contributed by atoms with Crippen LogP contribution < -0.4 is 5.32 Å². The maximum atomic E-state index is 12.6. The number of carbonyl (C=O) groups excluding carboxylic acids is 1. The average molecular weight is 270 g/mol. The molecule has 2 aromatic rings. The number of hydrogen-bond acceptors (Lipinski definition) is 4. The van der Waals surface area contributed by atoms with Gasteiger partial charge in [-0.15, -0.1) is 0 Å². The number of rotatable bonds is 3. The third kappa shape index (κ3) is 2.36. The standard InChI is InChI=1S/C15H18N4O/c1-2-19(11-7-8-16-9-11)15(20)14-10-17-12-5-3-4-6-13(12)18-14/h3-6,10-11,16H,2,7-9H2,1H3. The predicted octanol–water partition coefficient (Wildman–Crippen LogP) is 1.45. The second-order valence-electron chi connectivity index (χ2n) is 4.98. The second kappa shape index (κ2) is 5.54. The van der Waals surface area contributed by atoms with E-state index in [1.165, 1.54) is 0 Å². The van der Waals surface area contributed by atoms with Crippen LogP contribution in [0.25, 0.3) is 11.0 Å². The van der Waals surface area contributed by atoms with Gasteiger partial charge in [0.2, 0.25) is 0 Å². The molecule has 5 heteroatoms. The number of nitrogens with zero attached hydrogens (tertiary/aromatic N) is 3. The summed E-state index contributed by atoms with van der Waals surface area (Å²) >= 11 is 0. The normalized spacial score (nSPS) is 18.4. The molecule has 0 radical (unpaired) electrons. The van der Waals surface area contributed by atoms with Crippen LogP contribution in [0.1, 0.15) is 23.8 Å². The smallest absolute Gasteiger partial charge is 0.274 e. The summed E-state index contributed by atoms with van der Waals surface area (Å²) in [6, 6.07) is 7.87. The quantitative estimate of drug-likeness (QED) is 0.917. The first-order valence-corrected chi connectivity index (χ1v) is 7.03. The lowest BCUT2D eigenvalue weighted by Crippen LogP contribution is -2.41. The molecule has 1 N–H and O–H groups in total. The molecule has 1 aromatic heterocycles. The van der Waals surface area contributed by atoms with Gasteiger partial charge in [-0.25, -0.2) is 4.98 Å². The summed E-state index contributed by atoms with van der Waals surface area (Å²) in [5, 5.41) is 3.29. The minimum Gasteiger partial charge on any atom is -0.333 e. The van der Waals surface area contributed by atoms with Gasteiger partial charge in [0.1, 0.15) is 5.69 Å². The number of benzene rings is 1. The molecular formula is C15H18N4O. The minimum absolute atomic E-state index is 0.0283. The molecule has 1 fully saturated rings. The molecule has 20 heavy (non-hydrogen) atoms. The monoisotopic (exact) mass is 270 g/mol.